The average Bonchev–Trinajstić information content (AvgIpc) is 3.23. The summed E-state index contributed by atoms with van der Waals surface area (Å²) in [4.78, 5) is 34.6. The van der Waals surface area contributed by atoms with Gasteiger partial charge in [-0.3, -0.25) is 19.7 Å². The molecule has 0 bridgehead atoms. The van der Waals surface area contributed by atoms with E-state index in [1.807, 2.05) is 23.6 Å². The van der Waals surface area contributed by atoms with Crippen LogP contribution < -0.4 is 10.6 Å². The molecule has 1 aromatic heterocycles. The van der Waals surface area contributed by atoms with Crippen LogP contribution in [0.3, 0.4) is 0 Å². The number of nitrogens with zero attached hydrogens (tertiary/aromatic N) is 4. The highest BCUT2D eigenvalue weighted by Crippen LogP contribution is 2.19. The van der Waals surface area contributed by atoms with Crippen molar-refractivity contribution in [3.8, 4) is 0 Å². The summed E-state index contributed by atoms with van der Waals surface area (Å²) in [5, 5.41) is 25.5. The lowest BCUT2D eigenvalue weighted by molar-refractivity contribution is -0.384. The molecule has 0 aliphatic heterocycles. The van der Waals surface area contributed by atoms with Crippen molar-refractivity contribution in [2.45, 2.75) is 25.2 Å². The third-order valence-electron chi connectivity index (χ3n) is 4.54. The lowest BCUT2D eigenvalue weighted by Gasteiger charge is -2.08. The smallest absolute Gasteiger partial charge is 0.269 e. The lowest BCUT2D eigenvalue weighted by atomic mass is 10.2. The van der Waals surface area contributed by atoms with E-state index >= 15 is 0 Å². The zero-order valence-electron chi connectivity index (χ0n) is 18.1. The molecule has 0 saturated heterocycles. The Bertz CT molecular complexity index is 1210. The maximum absolute atomic E-state index is 12.2. The fraction of sp³-hybridized carbons (Fsp3) is 0.182. The number of benzene rings is 2. The molecule has 3 rings (SSSR count). The second-order valence-electron chi connectivity index (χ2n) is 6.86. The molecule has 34 heavy (non-hydrogen) atoms. The van der Waals surface area contributed by atoms with E-state index in [9.17, 15) is 19.7 Å². The summed E-state index contributed by atoms with van der Waals surface area (Å²) in [6, 6.07) is 12.8. The van der Waals surface area contributed by atoms with Gasteiger partial charge in [0.25, 0.3) is 5.69 Å². The largest absolute Gasteiger partial charge is 0.345 e. The number of anilines is 1. The molecule has 12 heteroatoms. The van der Waals surface area contributed by atoms with Crippen LogP contribution in [0.1, 0.15) is 18.3 Å². The number of hydrogen-bond donors (Lipinski definition) is 2. The zero-order chi connectivity index (χ0) is 24.5. The number of thioether (sulfide) groups is 1. The SMILES string of the molecule is CCn1c(CNC(=O)/C=C/c2ccccc2Cl)nnc1SCC(=O)Nc1ccc([N+](=O)[O-])cc1. The number of carbonyl (C=O) groups excluding carboxylic acids is 2. The van der Waals surface area contributed by atoms with E-state index in [1.165, 1.54) is 42.1 Å². The van der Waals surface area contributed by atoms with Crippen LogP contribution in [0.15, 0.2) is 59.8 Å². The van der Waals surface area contributed by atoms with Crippen LogP contribution in [0, 0.1) is 10.1 Å². The fourth-order valence-corrected chi connectivity index (χ4v) is 3.89. The van der Waals surface area contributed by atoms with Gasteiger partial charge in [-0.05, 0) is 36.8 Å². The maximum atomic E-state index is 12.2. The Hall–Kier alpha value is -3.70. The third-order valence-corrected chi connectivity index (χ3v) is 5.86. The van der Waals surface area contributed by atoms with Crippen LogP contribution in [0.5, 0.6) is 0 Å². The lowest BCUT2D eigenvalue weighted by Crippen LogP contribution is -2.22. The number of nitro groups is 1. The van der Waals surface area contributed by atoms with E-state index in [4.69, 9.17) is 11.6 Å². The Labute approximate surface area is 204 Å². The van der Waals surface area contributed by atoms with Crippen molar-refractivity contribution in [1.29, 1.82) is 0 Å². The van der Waals surface area contributed by atoms with Crippen molar-refractivity contribution in [1.82, 2.24) is 20.1 Å². The first kappa shape index (κ1) is 24.9. The maximum Gasteiger partial charge on any atom is 0.269 e. The monoisotopic (exact) mass is 500 g/mol. The molecule has 2 aromatic carbocycles. The molecule has 0 fully saturated rings. The Morgan fingerprint density at radius 3 is 2.59 bits per heavy atom. The van der Waals surface area contributed by atoms with Gasteiger partial charge in [0.15, 0.2) is 11.0 Å². The highest BCUT2D eigenvalue weighted by atomic mass is 35.5. The minimum absolute atomic E-state index is 0.0533. The average molecular weight is 501 g/mol. The first-order valence-corrected chi connectivity index (χ1v) is 11.5. The molecule has 3 aromatic rings. The van der Waals surface area contributed by atoms with Crippen LogP contribution in [0.4, 0.5) is 11.4 Å². The van der Waals surface area contributed by atoms with Crippen LogP contribution >= 0.6 is 23.4 Å². The summed E-state index contributed by atoms with van der Waals surface area (Å²) in [5.74, 6) is 0.0359. The number of carbonyl (C=O) groups is 2. The number of halogens is 1. The van der Waals surface area contributed by atoms with Crippen molar-refractivity contribution in [3.63, 3.8) is 0 Å². The number of non-ortho nitro benzene ring substituents is 1. The Kier molecular flexibility index (Phi) is 8.77. The number of hydrogen-bond acceptors (Lipinski definition) is 7. The number of amides is 2. The van der Waals surface area contributed by atoms with E-state index in [0.29, 0.717) is 28.2 Å². The van der Waals surface area contributed by atoms with Gasteiger partial charge in [0.1, 0.15) is 0 Å². The van der Waals surface area contributed by atoms with Crippen molar-refractivity contribution in [2.75, 3.05) is 11.1 Å². The first-order chi connectivity index (χ1) is 16.4. The summed E-state index contributed by atoms with van der Waals surface area (Å²) in [6.07, 6.45) is 3.03. The second kappa shape index (κ2) is 12.0. The van der Waals surface area contributed by atoms with Gasteiger partial charge in [-0.15, -0.1) is 10.2 Å². The van der Waals surface area contributed by atoms with Crippen LogP contribution in [-0.4, -0.2) is 37.3 Å². The number of nitrogens with one attached hydrogen (secondary N) is 2. The van der Waals surface area contributed by atoms with Gasteiger partial charge in [-0.1, -0.05) is 41.6 Å². The summed E-state index contributed by atoms with van der Waals surface area (Å²) in [7, 11) is 0. The highest BCUT2D eigenvalue weighted by molar-refractivity contribution is 7.99. The predicted molar refractivity (Wildman–Crippen MR) is 130 cm³/mol. The molecule has 10 nitrogen and oxygen atoms in total. The van der Waals surface area contributed by atoms with Gasteiger partial charge in [-0.2, -0.15) is 0 Å². The van der Waals surface area contributed by atoms with E-state index in [-0.39, 0.29) is 29.8 Å². The number of rotatable bonds is 10. The van der Waals surface area contributed by atoms with Crippen molar-refractivity contribution >= 4 is 52.6 Å². The van der Waals surface area contributed by atoms with Gasteiger partial charge in [0.05, 0.1) is 17.2 Å². The van der Waals surface area contributed by atoms with Crippen molar-refractivity contribution < 1.29 is 14.5 Å². The minimum Gasteiger partial charge on any atom is -0.345 e. The quantitative estimate of drug-likeness (QED) is 0.186. The van der Waals surface area contributed by atoms with Crippen LogP contribution in [-0.2, 0) is 22.7 Å². The molecule has 0 spiro atoms. The molecular weight excluding hydrogens is 480 g/mol. The van der Waals surface area contributed by atoms with Gasteiger partial charge < -0.3 is 15.2 Å². The van der Waals surface area contributed by atoms with Gasteiger partial charge in [0.2, 0.25) is 11.8 Å². The molecule has 2 amide bonds. The summed E-state index contributed by atoms with van der Waals surface area (Å²) >= 11 is 7.28. The predicted octanol–water partition coefficient (Wildman–Crippen LogP) is 3.92. The Balaban J connectivity index is 1.52. The van der Waals surface area contributed by atoms with Gasteiger partial charge >= 0.3 is 0 Å². The van der Waals surface area contributed by atoms with E-state index in [1.54, 1.807) is 18.2 Å². The standard InChI is InChI=1S/C22H21ClN6O4S/c1-2-28-19(13-24-20(30)12-7-15-5-3-4-6-18(15)23)26-27-22(28)34-14-21(31)25-16-8-10-17(11-9-16)29(32)33/h3-12H,2,13-14H2,1H3,(H,24,30)(H,25,31)/b12-7+. The summed E-state index contributed by atoms with van der Waals surface area (Å²) in [5.41, 5.74) is 1.14. The second-order valence-corrected chi connectivity index (χ2v) is 8.21. The highest BCUT2D eigenvalue weighted by Gasteiger charge is 2.14. The topological polar surface area (TPSA) is 132 Å². The van der Waals surface area contributed by atoms with Crippen molar-refractivity contribution in [3.05, 3.63) is 81.1 Å². The van der Waals surface area contributed by atoms with Crippen molar-refractivity contribution in [2.24, 2.45) is 0 Å². The molecule has 0 saturated carbocycles. The Morgan fingerprint density at radius 2 is 1.91 bits per heavy atom. The molecule has 0 radical (unpaired) electrons. The zero-order valence-corrected chi connectivity index (χ0v) is 19.7. The third kappa shape index (κ3) is 6.90. The van der Waals surface area contributed by atoms with Crippen LogP contribution in [0.25, 0.3) is 6.08 Å². The van der Waals surface area contributed by atoms with Crippen LogP contribution in [0.2, 0.25) is 5.02 Å². The summed E-state index contributed by atoms with van der Waals surface area (Å²) in [6.45, 7) is 2.63. The molecule has 176 valence electrons. The molecule has 0 unspecified atom stereocenters. The van der Waals surface area contributed by atoms with E-state index in [2.05, 4.69) is 20.8 Å². The van der Waals surface area contributed by atoms with Gasteiger partial charge in [-0.25, -0.2) is 0 Å². The molecule has 0 atom stereocenters. The molecule has 2 N–H and O–H groups in total. The fourth-order valence-electron chi connectivity index (χ4n) is 2.87. The molecular formula is C22H21ClN6O4S. The van der Waals surface area contributed by atoms with E-state index in [0.717, 1.165) is 5.56 Å². The molecule has 1 heterocycles. The first-order valence-electron chi connectivity index (χ1n) is 10.2. The Morgan fingerprint density at radius 1 is 1.18 bits per heavy atom. The normalized spacial score (nSPS) is 10.9. The summed E-state index contributed by atoms with van der Waals surface area (Å²) < 4.78 is 1.81. The van der Waals surface area contributed by atoms with E-state index < -0.39 is 4.92 Å². The number of aromatic nitrogens is 3. The molecule has 0 aliphatic carbocycles. The van der Waals surface area contributed by atoms with Gasteiger partial charge in [0, 0.05) is 35.5 Å². The minimum atomic E-state index is -0.506. The molecule has 0 aliphatic rings. The number of nitro benzene ring substituents is 1.